The smallest absolute Gasteiger partial charge is 0.332 e. The van der Waals surface area contributed by atoms with Crippen molar-refractivity contribution in [3.05, 3.63) is 56.9 Å². The molecule has 0 radical (unpaired) electrons. The highest BCUT2D eigenvalue weighted by Crippen LogP contribution is 2.37. The van der Waals surface area contributed by atoms with E-state index in [0.29, 0.717) is 0 Å². The van der Waals surface area contributed by atoms with Crippen LogP contribution in [0.4, 0.5) is 5.69 Å². The molecule has 3 heterocycles. The van der Waals surface area contributed by atoms with E-state index in [4.69, 9.17) is 33.2 Å². The lowest BCUT2D eigenvalue weighted by molar-refractivity contribution is -0.302. The highest BCUT2D eigenvalue weighted by molar-refractivity contribution is 7.73. The molecule has 6 unspecified atom stereocenters. The number of thiol groups is 3. The van der Waals surface area contributed by atoms with Crippen molar-refractivity contribution in [2.24, 2.45) is 11.8 Å². The fourth-order valence-electron chi connectivity index (χ4n) is 10.8. The molecule has 4 amide bonds. The van der Waals surface area contributed by atoms with Gasteiger partial charge in [0.2, 0.25) is 17.7 Å². The molecular formula is C51H70N6O24S3. The molecular weight excluding hydrogens is 1180 g/mol. The maximum absolute atomic E-state index is 14.1. The number of fused-ring (bicyclic) bond motifs is 1. The number of anilines is 1. The molecule has 4 fully saturated rings. The van der Waals surface area contributed by atoms with Gasteiger partial charge in [0.05, 0.1) is 76.8 Å². The van der Waals surface area contributed by atoms with E-state index < -0.39 is 182 Å². The van der Waals surface area contributed by atoms with Crippen LogP contribution in [0.5, 0.6) is 0 Å². The van der Waals surface area contributed by atoms with Crippen molar-refractivity contribution in [3.8, 4) is 0 Å². The van der Waals surface area contributed by atoms with E-state index in [-0.39, 0.29) is 92.1 Å². The third kappa shape index (κ3) is 18.6. The molecule has 30 nitrogen and oxygen atoms in total. The lowest BCUT2D eigenvalue weighted by Crippen LogP contribution is -2.60. The summed E-state index contributed by atoms with van der Waals surface area (Å²) in [6.45, 7) is -0.791. The number of aliphatic carboxylic acids is 1. The van der Waals surface area contributed by atoms with Crippen LogP contribution in [0, 0.1) is 11.8 Å². The van der Waals surface area contributed by atoms with E-state index in [1.165, 1.54) is 6.92 Å². The number of nitrogens with one attached hydrogen (secondary N) is 6. The Bertz CT molecular complexity index is 3130. The number of carboxylic acids is 1. The minimum Gasteiger partial charge on any atom is -0.479 e. The highest BCUT2D eigenvalue weighted by Gasteiger charge is 2.48. The number of aromatic amines is 2. The van der Waals surface area contributed by atoms with Crippen molar-refractivity contribution in [1.82, 2.24) is 25.9 Å². The Hall–Kier alpha value is -5.82. The molecule has 0 spiro atoms. The minimum atomic E-state index is -3.41. The molecule has 2 aromatic carbocycles. The van der Waals surface area contributed by atoms with Gasteiger partial charge in [-0.3, -0.25) is 29.0 Å². The van der Waals surface area contributed by atoms with Crippen LogP contribution >= 0.6 is 0 Å². The van der Waals surface area contributed by atoms with Crippen LogP contribution in [-0.4, -0.2) is 199 Å². The molecule has 2 aliphatic carbocycles. The molecule has 3 aromatic rings. The standard InChI is InChI=1S/C51H70N6O24S3/c1-25-46(63)36(59)21-44(77-25)81-47-34(55-49(65)35-20-40(60)57-51(68)56-35)14-28(15-37(47)80-43-17-29(16-30(22-58)79-43)78-38(50(66)67)11-26-5-3-2-4-6-26)48(64)53-8-7-52-41(61)23-75-9-10-76-24-42(62)54-33-18-31(82(69)70)12-27-13-32(83(71)72)19-39(45(27)33)84(73)74/h12-13,18-20,25-26,28-30,34,36-38,43-44,46-47,58-59,63,82-84H,2-11,14-17,21-24H2,1H3,(H,52,61)(H,53,64)(H,54,62)(H,55,65)(H,66,67)(H2,56,57,60,68)/t25?,28?,29?,30-,34-,36-,37?,38+,43+,44+,46?,47?/m1/s1. The summed E-state index contributed by atoms with van der Waals surface area (Å²) in [6, 6.07) is 3.66. The first-order chi connectivity index (χ1) is 40.0. The average molecular weight is 1250 g/mol. The molecule has 0 bridgehead atoms. The maximum atomic E-state index is 14.1. The van der Waals surface area contributed by atoms with Crippen LogP contribution in [0.3, 0.4) is 0 Å². The number of hydrogen-bond acceptors (Lipinski definition) is 23. The van der Waals surface area contributed by atoms with Crippen molar-refractivity contribution in [2.45, 2.75) is 160 Å². The quantitative estimate of drug-likeness (QED) is 0.0277. The molecule has 12 atom stereocenters. The van der Waals surface area contributed by atoms with Crippen LogP contribution in [0.25, 0.3) is 10.8 Å². The van der Waals surface area contributed by atoms with Crippen molar-refractivity contribution in [2.75, 3.05) is 51.4 Å². The normalized spacial score (nSPS) is 26.2. The van der Waals surface area contributed by atoms with Crippen LogP contribution in [0.1, 0.15) is 88.0 Å². The van der Waals surface area contributed by atoms with Gasteiger partial charge in [0, 0.05) is 49.7 Å². The van der Waals surface area contributed by atoms with Gasteiger partial charge in [-0.25, -0.2) is 34.8 Å². The fourth-order valence-corrected chi connectivity index (χ4v) is 12.5. The SMILES string of the molecule is CC1O[C@@H](OC2C(O[C@H]3CC(O[C@@H](CC4CCCCC4)C(=O)O)C[C@H](CO)O3)CC(C(=O)NCCNC(=O)COCCOCC(=O)Nc3cc([SH](=O)=O)cc4cc([SH](=O)=O)cc([SH](=O)=O)c34)C[C@H]2NC(=O)c2cc(=O)[nH]c(=O)[nH]2)C[C@@H](O)C1O. The number of aliphatic hydroxyl groups excluding tert-OH is 3. The zero-order valence-electron chi connectivity index (χ0n) is 45.4. The van der Waals surface area contributed by atoms with Crippen molar-refractivity contribution in [3.63, 3.8) is 0 Å². The van der Waals surface area contributed by atoms with Crippen molar-refractivity contribution in [1.29, 1.82) is 0 Å². The number of aromatic nitrogens is 2. The lowest BCUT2D eigenvalue weighted by Gasteiger charge is -2.46. The number of benzene rings is 2. The molecule has 466 valence electrons. The van der Waals surface area contributed by atoms with E-state index >= 15 is 0 Å². The Balaban J connectivity index is 0.968. The topological polar surface area (TPSA) is 447 Å². The van der Waals surface area contributed by atoms with Gasteiger partial charge in [0.25, 0.3) is 11.5 Å². The Morgan fingerprint density at radius 1 is 0.762 bits per heavy atom. The molecule has 2 saturated carbocycles. The van der Waals surface area contributed by atoms with Gasteiger partial charge >= 0.3 is 11.7 Å². The van der Waals surface area contributed by atoms with E-state index in [1.807, 2.05) is 4.98 Å². The minimum absolute atomic E-state index is 0.0344. The van der Waals surface area contributed by atoms with Gasteiger partial charge in [0.15, 0.2) is 50.8 Å². The summed E-state index contributed by atoms with van der Waals surface area (Å²) < 4.78 is 113. The number of rotatable bonds is 27. The lowest BCUT2D eigenvalue weighted by atomic mass is 9.80. The van der Waals surface area contributed by atoms with E-state index in [1.54, 1.807) is 0 Å². The number of carboxylic acid groups (broad SMARTS) is 1. The molecule has 2 saturated heterocycles. The van der Waals surface area contributed by atoms with Gasteiger partial charge < -0.3 is 79.8 Å². The van der Waals surface area contributed by atoms with Crippen LogP contribution < -0.4 is 32.5 Å². The summed E-state index contributed by atoms with van der Waals surface area (Å²) in [5, 5.41) is 52.0. The largest absolute Gasteiger partial charge is 0.479 e. The number of H-pyrrole nitrogens is 2. The van der Waals surface area contributed by atoms with Gasteiger partial charge in [0.1, 0.15) is 31.1 Å². The first-order valence-corrected chi connectivity index (χ1v) is 30.7. The summed E-state index contributed by atoms with van der Waals surface area (Å²) in [5.74, 6) is -5.01. The molecule has 84 heavy (non-hydrogen) atoms. The van der Waals surface area contributed by atoms with Gasteiger partial charge in [-0.2, -0.15) is 0 Å². The first-order valence-electron chi connectivity index (χ1n) is 27.2. The monoisotopic (exact) mass is 1250 g/mol. The molecule has 10 N–H and O–H groups in total. The van der Waals surface area contributed by atoms with Gasteiger partial charge in [-0.15, -0.1) is 0 Å². The second-order valence-corrected chi connectivity index (χ2v) is 23.9. The van der Waals surface area contributed by atoms with Crippen molar-refractivity contribution < 1.29 is 103 Å². The summed E-state index contributed by atoms with van der Waals surface area (Å²) >= 11 is 0. The van der Waals surface area contributed by atoms with Crippen LogP contribution in [0.2, 0.25) is 0 Å². The third-order valence-electron chi connectivity index (χ3n) is 14.7. The second-order valence-electron chi connectivity index (χ2n) is 20.9. The Labute approximate surface area is 484 Å². The molecule has 33 heteroatoms. The second kappa shape index (κ2) is 31.0. The van der Waals surface area contributed by atoms with E-state index in [2.05, 4.69) is 26.3 Å². The number of amides is 4. The number of hydrogen-bond donors (Lipinski definition) is 13. The summed E-state index contributed by atoms with van der Waals surface area (Å²) in [5.41, 5.74) is -2.56. The van der Waals surface area contributed by atoms with Crippen LogP contribution in [-0.2, 0) is 84.4 Å². The average Bonchev–Trinajstić information content (AvgIpc) is 1.76. The Kier molecular flexibility index (Phi) is 24.3. The first kappa shape index (κ1) is 65.7. The van der Waals surface area contributed by atoms with Gasteiger partial charge in [-0.05, 0) is 61.8 Å². The summed E-state index contributed by atoms with van der Waals surface area (Å²) in [4.78, 5) is 93.5. The molecule has 4 aliphatic rings. The third-order valence-corrected chi connectivity index (χ3v) is 16.8. The molecule has 7 rings (SSSR count). The molecule has 2 aliphatic heterocycles. The Morgan fingerprint density at radius 2 is 1.43 bits per heavy atom. The van der Waals surface area contributed by atoms with Crippen LogP contribution in [0.15, 0.2) is 54.6 Å². The number of ether oxygens (including phenoxy) is 7. The van der Waals surface area contributed by atoms with E-state index in [0.717, 1.165) is 62.4 Å². The number of carbonyl (C=O) groups excluding carboxylic acids is 4. The predicted octanol–water partition coefficient (Wildman–Crippen LogP) is -2.53. The number of carbonyl (C=O) groups is 5. The zero-order chi connectivity index (χ0) is 60.8. The Morgan fingerprint density at radius 3 is 2.07 bits per heavy atom. The van der Waals surface area contributed by atoms with E-state index in [9.17, 15) is 79.2 Å². The number of aliphatic hydroxyl groups is 3. The molecule has 1 aromatic heterocycles. The highest BCUT2D eigenvalue weighted by atomic mass is 32.2. The fraction of sp³-hybridized carbons (Fsp3) is 0.627. The van der Waals surface area contributed by atoms with Gasteiger partial charge in [-0.1, -0.05) is 32.1 Å². The summed E-state index contributed by atoms with van der Waals surface area (Å²) in [6.07, 6.45) is -6.61. The van der Waals surface area contributed by atoms with Crippen molar-refractivity contribution >= 4 is 78.2 Å². The maximum Gasteiger partial charge on any atom is 0.332 e. The summed E-state index contributed by atoms with van der Waals surface area (Å²) in [7, 11) is -9.91. The zero-order valence-corrected chi connectivity index (χ0v) is 48.1. The predicted molar refractivity (Wildman–Crippen MR) is 291 cm³/mol.